The summed E-state index contributed by atoms with van der Waals surface area (Å²) >= 11 is 6.66. The minimum Gasteiger partial charge on any atom is -0.346 e. The monoisotopic (exact) mass is 423 g/mol. The highest BCUT2D eigenvalue weighted by Gasteiger charge is 2.32. The summed E-state index contributed by atoms with van der Waals surface area (Å²) in [5.41, 5.74) is 6.29. The van der Waals surface area contributed by atoms with Crippen LogP contribution < -0.4 is 5.43 Å². The Kier molecular flexibility index (Phi) is 4.15. The van der Waals surface area contributed by atoms with E-state index in [1.165, 1.54) is 0 Å². The van der Waals surface area contributed by atoms with E-state index in [1.54, 1.807) is 18.5 Å². The van der Waals surface area contributed by atoms with E-state index >= 15 is 0 Å². The molecular weight excluding hydrogens is 406 g/mol. The Hall–Kier alpha value is -3.50. The largest absolute Gasteiger partial charge is 0.346 e. The predicted octanol–water partition coefficient (Wildman–Crippen LogP) is 6.34. The quantitative estimate of drug-likeness (QED) is 0.368. The second-order valence-electron chi connectivity index (χ2n) is 7.99. The van der Waals surface area contributed by atoms with Crippen molar-refractivity contribution in [1.82, 2.24) is 15.0 Å². The van der Waals surface area contributed by atoms with Crippen LogP contribution in [0.2, 0.25) is 5.02 Å². The third-order valence-corrected chi connectivity index (χ3v) is 6.21. The zero-order valence-corrected chi connectivity index (χ0v) is 17.4. The van der Waals surface area contributed by atoms with E-state index in [2.05, 4.69) is 28.2 Å². The standard InChI is InChI=1S/C26H18ClN3O/c27-19-14-18(13-17-7-4-11-28-24(17)19)22-21(15-8-9-15)23-20(31)10-12-29-26(23)30-25(22)16-5-2-1-3-6-16/h1-7,10-15H,8-9H2,(H,29,30,31). The van der Waals surface area contributed by atoms with Crippen molar-refractivity contribution in [3.63, 3.8) is 0 Å². The van der Waals surface area contributed by atoms with Gasteiger partial charge in [-0.1, -0.05) is 48.0 Å². The molecule has 1 aliphatic rings. The van der Waals surface area contributed by atoms with Crippen LogP contribution in [0.25, 0.3) is 44.3 Å². The number of rotatable bonds is 3. The molecule has 5 aromatic rings. The molecule has 4 nitrogen and oxygen atoms in total. The van der Waals surface area contributed by atoms with Gasteiger partial charge in [0.25, 0.3) is 0 Å². The van der Waals surface area contributed by atoms with Gasteiger partial charge in [-0.05, 0) is 48.1 Å². The Balaban J connectivity index is 1.79. The van der Waals surface area contributed by atoms with E-state index in [9.17, 15) is 4.79 Å². The minimum atomic E-state index is -0.00226. The topological polar surface area (TPSA) is 58.6 Å². The maximum absolute atomic E-state index is 12.9. The number of fused-ring (bicyclic) bond motifs is 2. The first-order valence-electron chi connectivity index (χ1n) is 10.4. The van der Waals surface area contributed by atoms with Gasteiger partial charge in [0.1, 0.15) is 5.65 Å². The van der Waals surface area contributed by atoms with Crippen LogP contribution in [0.1, 0.15) is 24.3 Å². The molecule has 31 heavy (non-hydrogen) atoms. The molecular formula is C26H18ClN3O. The molecule has 3 aromatic heterocycles. The minimum absolute atomic E-state index is 0.00226. The summed E-state index contributed by atoms with van der Waals surface area (Å²) in [4.78, 5) is 25.5. The molecule has 0 amide bonds. The zero-order valence-electron chi connectivity index (χ0n) is 16.6. The molecule has 0 aliphatic heterocycles. The maximum Gasteiger partial charge on any atom is 0.191 e. The Labute approximate surface area is 183 Å². The SMILES string of the molecule is O=c1cc[nH]c2nc(-c3ccccc3)c(-c3cc(Cl)c4ncccc4c3)c(C3CC3)c12. The maximum atomic E-state index is 12.9. The molecule has 0 spiro atoms. The Bertz CT molecular complexity index is 1520. The highest BCUT2D eigenvalue weighted by Crippen LogP contribution is 2.49. The highest BCUT2D eigenvalue weighted by atomic mass is 35.5. The van der Waals surface area contributed by atoms with Crippen molar-refractivity contribution in [2.24, 2.45) is 0 Å². The first kappa shape index (κ1) is 18.3. The fraction of sp³-hybridized carbons (Fsp3) is 0.115. The fourth-order valence-corrected chi connectivity index (χ4v) is 4.68. The van der Waals surface area contributed by atoms with Gasteiger partial charge < -0.3 is 4.98 Å². The lowest BCUT2D eigenvalue weighted by Crippen LogP contribution is -2.08. The number of nitrogens with one attached hydrogen (secondary N) is 1. The van der Waals surface area contributed by atoms with Gasteiger partial charge in [-0.25, -0.2) is 4.98 Å². The lowest BCUT2D eigenvalue weighted by atomic mass is 9.89. The number of H-pyrrole nitrogens is 1. The van der Waals surface area contributed by atoms with Crippen LogP contribution in [0.5, 0.6) is 0 Å². The lowest BCUT2D eigenvalue weighted by Gasteiger charge is -2.18. The van der Waals surface area contributed by atoms with Crippen LogP contribution in [0.15, 0.2) is 77.9 Å². The molecule has 1 saturated carbocycles. The van der Waals surface area contributed by atoms with Crippen molar-refractivity contribution < 1.29 is 0 Å². The van der Waals surface area contributed by atoms with Gasteiger partial charge in [0, 0.05) is 35.0 Å². The normalized spacial score (nSPS) is 13.7. The number of nitrogens with zero attached hydrogens (tertiary/aromatic N) is 2. The second kappa shape index (κ2) is 7.03. The van der Waals surface area contributed by atoms with Gasteiger partial charge in [0.05, 0.1) is 21.6 Å². The summed E-state index contributed by atoms with van der Waals surface area (Å²) in [7, 11) is 0. The number of aromatic nitrogens is 3. The molecule has 0 saturated heterocycles. The van der Waals surface area contributed by atoms with E-state index in [-0.39, 0.29) is 5.43 Å². The molecule has 6 rings (SSSR count). The molecule has 2 aromatic carbocycles. The van der Waals surface area contributed by atoms with Crippen molar-refractivity contribution in [3.05, 3.63) is 93.9 Å². The van der Waals surface area contributed by atoms with Crippen LogP contribution in [-0.2, 0) is 0 Å². The van der Waals surface area contributed by atoms with Crippen LogP contribution in [0.4, 0.5) is 0 Å². The van der Waals surface area contributed by atoms with Crippen molar-refractivity contribution in [3.8, 4) is 22.4 Å². The lowest BCUT2D eigenvalue weighted by molar-refractivity contribution is 1.13. The van der Waals surface area contributed by atoms with Gasteiger partial charge in [0.2, 0.25) is 0 Å². The first-order valence-corrected chi connectivity index (χ1v) is 10.7. The fourth-order valence-electron chi connectivity index (χ4n) is 4.41. The number of aromatic amines is 1. The summed E-state index contributed by atoms with van der Waals surface area (Å²) in [5.74, 6) is 0.342. The van der Waals surface area contributed by atoms with Crippen LogP contribution in [0, 0.1) is 0 Å². The molecule has 5 heteroatoms. The van der Waals surface area contributed by atoms with Gasteiger partial charge in [0.15, 0.2) is 5.43 Å². The Morgan fingerprint density at radius 2 is 1.81 bits per heavy atom. The Morgan fingerprint density at radius 3 is 2.61 bits per heavy atom. The number of hydrogen-bond acceptors (Lipinski definition) is 3. The molecule has 1 N–H and O–H groups in total. The average molecular weight is 424 g/mol. The molecule has 0 unspecified atom stereocenters. The van der Waals surface area contributed by atoms with Crippen molar-refractivity contribution in [1.29, 1.82) is 0 Å². The first-order chi connectivity index (χ1) is 15.2. The zero-order chi connectivity index (χ0) is 20.9. The third-order valence-electron chi connectivity index (χ3n) is 5.92. The molecule has 0 atom stereocenters. The smallest absolute Gasteiger partial charge is 0.191 e. The van der Waals surface area contributed by atoms with Crippen LogP contribution in [-0.4, -0.2) is 15.0 Å². The molecule has 0 bridgehead atoms. The van der Waals surface area contributed by atoms with E-state index < -0.39 is 0 Å². The molecule has 150 valence electrons. The van der Waals surface area contributed by atoms with E-state index in [4.69, 9.17) is 16.6 Å². The van der Waals surface area contributed by atoms with E-state index in [0.29, 0.717) is 22.0 Å². The van der Waals surface area contributed by atoms with Crippen molar-refractivity contribution in [2.75, 3.05) is 0 Å². The summed E-state index contributed by atoms with van der Waals surface area (Å²) in [6, 6.07) is 19.7. The summed E-state index contributed by atoms with van der Waals surface area (Å²) in [6.45, 7) is 0. The van der Waals surface area contributed by atoms with Crippen molar-refractivity contribution >= 4 is 33.5 Å². The van der Waals surface area contributed by atoms with Gasteiger partial charge >= 0.3 is 0 Å². The third kappa shape index (κ3) is 3.03. The molecule has 0 radical (unpaired) electrons. The predicted molar refractivity (Wildman–Crippen MR) is 126 cm³/mol. The van der Waals surface area contributed by atoms with Gasteiger partial charge in [-0.2, -0.15) is 0 Å². The number of halogens is 1. The molecule has 1 fully saturated rings. The number of pyridine rings is 3. The number of hydrogen-bond donors (Lipinski definition) is 1. The van der Waals surface area contributed by atoms with Crippen LogP contribution >= 0.6 is 11.6 Å². The number of benzene rings is 2. The van der Waals surface area contributed by atoms with Gasteiger partial charge in [-0.3, -0.25) is 9.78 Å². The second-order valence-corrected chi connectivity index (χ2v) is 8.40. The Morgan fingerprint density at radius 1 is 0.968 bits per heavy atom. The average Bonchev–Trinajstić information content (AvgIpc) is 3.64. The summed E-state index contributed by atoms with van der Waals surface area (Å²) < 4.78 is 0. The summed E-state index contributed by atoms with van der Waals surface area (Å²) in [6.07, 6.45) is 5.55. The van der Waals surface area contributed by atoms with Crippen LogP contribution in [0.3, 0.4) is 0 Å². The van der Waals surface area contributed by atoms with E-state index in [1.807, 2.05) is 36.4 Å². The van der Waals surface area contributed by atoms with Crippen molar-refractivity contribution in [2.45, 2.75) is 18.8 Å². The van der Waals surface area contributed by atoms with E-state index in [0.717, 1.165) is 51.7 Å². The molecule has 3 heterocycles. The highest BCUT2D eigenvalue weighted by molar-refractivity contribution is 6.35. The van der Waals surface area contributed by atoms with Gasteiger partial charge in [-0.15, -0.1) is 0 Å². The molecule has 1 aliphatic carbocycles. The summed E-state index contributed by atoms with van der Waals surface area (Å²) in [5, 5.41) is 2.24.